The van der Waals surface area contributed by atoms with Gasteiger partial charge in [-0.05, 0) is 44.7 Å². The Hall–Kier alpha value is -0.610. The van der Waals surface area contributed by atoms with E-state index in [-0.39, 0.29) is 11.4 Å². The molecule has 92 valence electrons. The number of nitrogens with one attached hydrogen (secondary N) is 1. The summed E-state index contributed by atoms with van der Waals surface area (Å²) in [6, 6.07) is 0. The second-order valence-electron chi connectivity index (χ2n) is 4.78. The van der Waals surface area contributed by atoms with Crippen LogP contribution >= 0.6 is 0 Å². The molecule has 2 saturated heterocycles. The van der Waals surface area contributed by atoms with Crippen molar-refractivity contribution < 1.29 is 14.3 Å². The Morgan fingerprint density at radius 3 is 2.50 bits per heavy atom. The lowest BCUT2D eigenvalue weighted by atomic mass is 9.66. The van der Waals surface area contributed by atoms with Crippen LogP contribution in [-0.2, 0) is 14.3 Å². The summed E-state index contributed by atoms with van der Waals surface area (Å²) in [6.07, 6.45) is 3.80. The second-order valence-corrected chi connectivity index (χ2v) is 4.78. The van der Waals surface area contributed by atoms with Crippen LogP contribution in [0.1, 0.15) is 25.7 Å². The first-order chi connectivity index (χ1) is 7.79. The SMILES string of the molecule is COC(=O)C1(C2CCNCC2)CCOCC1. The van der Waals surface area contributed by atoms with Crippen molar-refractivity contribution in [2.24, 2.45) is 11.3 Å². The summed E-state index contributed by atoms with van der Waals surface area (Å²) >= 11 is 0. The summed E-state index contributed by atoms with van der Waals surface area (Å²) in [6.45, 7) is 3.42. The van der Waals surface area contributed by atoms with Crippen molar-refractivity contribution in [2.45, 2.75) is 25.7 Å². The minimum atomic E-state index is -0.269. The van der Waals surface area contributed by atoms with Gasteiger partial charge in [0.25, 0.3) is 0 Å². The van der Waals surface area contributed by atoms with E-state index in [1.807, 2.05) is 0 Å². The third-order valence-corrected chi connectivity index (χ3v) is 4.10. The smallest absolute Gasteiger partial charge is 0.312 e. The van der Waals surface area contributed by atoms with E-state index in [1.54, 1.807) is 0 Å². The quantitative estimate of drug-likeness (QED) is 0.714. The molecule has 0 bridgehead atoms. The number of esters is 1. The van der Waals surface area contributed by atoms with Crippen molar-refractivity contribution in [1.29, 1.82) is 0 Å². The van der Waals surface area contributed by atoms with Gasteiger partial charge in [0.05, 0.1) is 12.5 Å². The van der Waals surface area contributed by atoms with Gasteiger partial charge in [0.2, 0.25) is 0 Å². The van der Waals surface area contributed by atoms with E-state index in [1.165, 1.54) is 7.11 Å². The molecule has 0 aromatic rings. The third kappa shape index (κ3) is 2.09. The molecule has 1 N–H and O–H groups in total. The lowest BCUT2D eigenvalue weighted by Gasteiger charge is -2.42. The number of methoxy groups -OCH3 is 1. The molecule has 2 heterocycles. The van der Waals surface area contributed by atoms with Crippen LogP contribution < -0.4 is 5.32 Å². The van der Waals surface area contributed by atoms with Crippen molar-refractivity contribution in [3.8, 4) is 0 Å². The van der Waals surface area contributed by atoms with Crippen LogP contribution in [0.2, 0.25) is 0 Å². The number of hydrogen-bond donors (Lipinski definition) is 1. The third-order valence-electron chi connectivity index (χ3n) is 4.10. The van der Waals surface area contributed by atoms with Crippen molar-refractivity contribution in [1.82, 2.24) is 5.32 Å². The lowest BCUT2D eigenvalue weighted by Crippen LogP contribution is -2.47. The maximum Gasteiger partial charge on any atom is 0.312 e. The topological polar surface area (TPSA) is 47.6 Å². The fourth-order valence-corrected chi connectivity index (χ4v) is 3.09. The molecule has 0 aliphatic carbocycles. The Morgan fingerprint density at radius 2 is 1.94 bits per heavy atom. The van der Waals surface area contributed by atoms with Gasteiger partial charge in [-0.3, -0.25) is 4.79 Å². The molecule has 2 fully saturated rings. The fraction of sp³-hybridized carbons (Fsp3) is 0.917. The molecule has 0 amide bonds. The van der Waals surface area contributed by atoms with Crippen molar-refractivity contribution in [3.63, 3.8) is 0 Å². The van der Waals surface area contributed by atoms with E-state index in [9.17, 15) is 4.79 Å². The number of carbonyl (C=O) groups excluding carboxylic acids is 1. The van der Waals surface area contributed by atoms with Gasteiger partial charge >= 0.3 is 5.97 Å². The highest BCUT2D eigenvalue weighted by Crippen LogP contribution is 2.43. The molecule has 0 unspecified atom stereocenters. The zero-order valence-corrected chi connectivity index (χ0v) is 9.96. The molecule has 0 spiro atoms. The van der Waals surface area contributed by atoms with Crippen LogP contribution in [-0.4, -0.2) is 39.4 Å². The average Bonchev–Trinajstić information content (AvgIpc) is 2.39. The van der Waals surface area contributed by atoms with Gasteiger partial charge in [-0.2, -0.15) is 0 Å². The van der Waals surface area contributed by atoms with Gasteiger partial charge in [0.1, 0.15) is 0 Å². The highest BCUT2D eigenvalue weighted by atomic mass is 16.5. The van der Waals surface area contributed by atoms with E-state index in [2.05, 4.69) is 5.32 Å². The van der Waals surface area contributed by atoms with Crippen LogP contribution in [0.25, 0.3) is 0 Å². The summed E-state index contributed by atoms with van der Waals surface area (Å²) in [4.78, 5) is 12.1. The summed E-state index contributed by atoms with van der Waals surface area (Å²) < 4.78 is 10.4. The van der Waals surface area contributed by atoms with Gasteiger partial charge in [0.15, 0.2) is 0 Å². The van der Waals surface area contributed by atoms with Gasteiger partial charge in [-0.25, -0.2) is 0 Å². The average molecular weight is 227 g/mol. The van der Waals surface area contributed by atoms with E-state index in [4.69, 9.17) is 9.47 Å². The molecule has 0 aromatic carbocycles. The van der Waals surface area contributed by atoms with Gasteiger partial charge in [-0.15, -0.1) is 0 Å². The highest BCUT2D eigenvalue weighted by molar-refractivity contribution is 5.77. The number of piperidine rings is 1. The molecule has 0 radical (unpaired) electrons. The van der Waals surface area contributed by atoms with E-state index in [0.29, 0.717) is 19.1 Å². The molecule has 0 atom stereocenters. The van der Waals surface area contributed by atoms with Crippen molar-refractivity contribution in [2.75, 3.05) is 33.4 Å². The Bertz CT molecular complexity index is 243. The Kier molecular flexibility index (Phi) is 3.82. The molecule has 0 saturated carbocycles. The van der Waals surface area contributed by atoms with Crippen molar-refractivity contribution in [3.05, 3.63) is 0 Å². The summed E-state index contributed by atoms with van der Waals surface area (Å²) in [5, 5.41) is 3.34. The zero-order valence-electron chi connectivity index (χ0n) is 9.96. The molecular formula is C12H21NO3. The molecule has 16 heavy (non-hydrogen) atoms. The second kappa shape index (κ2) is 5.15. The Morgan fingerprint density at radius 1 is 1.31 bits per heavy atom. The van der Waals surface area contributed by atoms with Crippen LogP contribution in [0.15, 0.2) is 0 Å². The predicted octanol–water partition coefficient (Wildman–Crippen LogP) is 0.956. The highest BCUT2D eigenvalue weighted by Gasteiger charge is 2.47. The summed E-state index contributed by atoms with van der Waals surface area (Å²) in [5.41, 5.74) is -0.269. The molecule has 4 heteroatoms. The molecule has 2 aliphatic heterocycles. The molecular weight excluding hydrogens is 206 g/mol. The molecule has 0 aromatic heterocycles. The van der Waals surface area contributed by atoms with E-state index < -0.39 is 0 Å². The maximum atomic E-state index is 12.1. The minimum Gasteiger partial charge on any atom is -0.469 e. The standard InChI is InChI=1S/C12H21NO3/c1-15-11(14)12(4-8-16-9-5-12)10-2-6-13-7-3-10/h10,13H,2-9H2,1H3. The van der Waals surface area contributed by atoms with Gasteiger partial charge in [0, 0.05) is 13.2 Å². The predicted molar refractivity (Wildman–Crippen MR) is 60.1 cm³/mol. The number of rotatable bonds is 2. The Balaban J connectivity index is 2.14. The minimum absolute atomic E-state index is 0.0253. The van der Waals surface area contributed by atoms with Gasteiger partial charge < -0.3 is 14.8 Å². The lowest BCUT2D eigenvalue weighted by molar-refractivity contribution is -0.165. The van der Waals surface area contributed by atoms with E-state index in [0.717, 1.165) is 38.8 Å². The Labute approximate surface area is 96.7 Å². The normalized spacial score (nSPS) is 26.3. The molecule has 4 nitrogen and oxygen atoms in total. The number of hydrogen-bond acceptors (Lipinski definition) is 4. The van der Waals surface area contributed by atoms with Gasteiger partial charge in [-0.1, -0.05) is 0 Å². The first kappa shape index (κ1) is 11.9. The molecule has 2 aliphatic rings. The largest absolute Gasteiger partial charge is 0.469 e. The molecule has 2 rings (SSSR count). The monoisotopic (exact) mass is 227 g/mol. The number of carbonyl (C=O) groups is 1. The van der Waals surface area contributed by atoms with Crippen LogP contribution in [0.4, 0.5) is 0 Å². The van der Waals surface area contributed by atoms with E-state index >= 15 is 0 Å². The van der Waals surface area contributed by atoms with Crippen molar-refractivity contribution >= 4 is 5.97 Å². The first-order valence-corrected chi connectivity index (χ1v) is 6.16. The van der Waals surface area contributed by atoms with Crippen LogP contribution in [0, 0.1) is 11.3 Å². The number of ether oxygens (including phenoxy) is 2. The van der Waals surface area contributed by atoms with Crippen LogP contribution in [0.5, 0.6) is 0 Å². The maximum absolute atomic E-state index is 12.1. The van der Waals surface area contributed by atoms with Crippen LogP contribution in [0.3, 0.4) is 0 Å². The summed E-state index contributed by atoms with van der Waals surface area (Å²) in [7, 11) is 1.50. The zero-order chi connectivity index (χ0) is 11.4. The fourth-order valence-electron chi connectivity index (χ4n) is 3.09. The first-order valence-electron chi connectivity index (χ1n) is 6.16. The summed E-state index contributed by atoms with van der Waals surface area (Å²) in [5.74, 6) is 0.438.